The maximum atomic E-state index is 11.4. The molecule has 0 radical (unpaired) electrons. The fraction of sp³-hybridized carbons (Fsp3) is 0.700. The molecule has 5 heteroatoms. The molecule has 1 fully saturated rings. The highest BCUT2D eigenvalue weighted by Crippen LogP contribution is 2.71. The van der Waals surface area contributed by atoms with Crippen LogP contribution >= 0.6 is 29.1 Å². The Hall–Kier alpha value is 0.340. The van der Waals surface area contributed by atoms with Gasteiger partial charge in [0, 0.05) is 17.8 Å². The molecule has 0 spiro atoms. The van der Waals surface area contributed by atoms with Crippen molar-refractivity contribution in [1.82, 2.24) is 0 Å². The second-order valence-corrected chi connectivity index (χ2v) is 9.86. The number of allylic oxidation sites excluding steroid dienone is 1. The number of carbonyl (C=O) groups excluding carboxylic acids is 1. The smallest absolute Gasteiger partial charge is 0.310 e. The fourth-order valence-electron chi connectivity index (χ4n) is 1.25. The van der Waals surface area contributed by atoms with Gasteiger partial charge >= 0.3 is 5.97 Å². The van der Waals surface area contributed by atoms with Crippen LogP contribution in [0.5, 0.6) is 0 Å². The molecule has 15 heavy (non-hydrogen) atoms. The fourth-order valence-corrected chi connectivity index (χ4v) is 9.58. The Balaban J connectivity index is 2.50. The van der Waals surface area contributed by atoms with Crippen molar-refractivity contribution in [2.75, 3.05) is 18.1 Å². The van der Waals surface area contributed by atoms with Crippen LogP contribution in [-0.2, 0) is 9.53 Å². The van der Waals surface area contributed by atoms with E-state index in [2.05, 4.69) is 13.0 Å². The highest BCUT2D eigenvalue weighted by Gasteiger charge is 2.22. The van der Waals surface area contributed by atoms with E-state index in [1.807, 2.05) is 29.7 Å². The van der Waals surface area contributed by atoms with Crippen LogP contribution in [0.4, 0.5) is 0 Å². The summed E-state index contributed by atoms with van der Waals surface area (Å²) in [6.45, 7) is 4.45. The van der Waals surface area contributed by atoms with Crippen LogP contribution in [0, 0.1) is 0 Å². The average molecular weight is 264 g/mol. The van der Waals surface area contributed by atoms with Crippen molar-refractivity contribution in [2.45, 2.75) is 26.7 Å². The number of carbonyl (C=O) groups is 1. The molecule has 0 amide bonds. The average Bonchev–Trinajstić information content (AvgIpc) is 2.70. The zero-order chi connectivity index (χ0) is 11.1. The Kier molecular flexibility index (Phi) is 6.78. The molecule has 1 saturated heterocycles. The van der Waals surface area contributed by atoms with Gasteiger partial charge in [-0.05, 0) is 18.7 Å². The van der Waals surface area contributed by atoms with E-state index in [1.54, 1.807) is 0 Å². The van der Waals surface area contributed by atoms with Crippen LogP contribution in [0.25, 0.3) is 0 Å². The SMILES string of the molecule is CC/C=C(\CC(=O)OCC)P1SCCS1. The van der Waals surface area contributed by atoms with E-state index in [-0.39, 0.29) is 12.3 Å². The van der Waals surface area contributed by atoms with Crippen LogP contribution in [-0.4, -0.2) is 24.1 Å². The summed E-state index contributed by atoms with van der Waals surface area (Å²) in [5, 5.41) is 1.30. The summed E-state index contributed by atoms with van der Waals surface area (Å²) in [5.41, 5.74) is 0. The van der Waals surface area contributed by atoms with E-state index in [0.29, 0.717) is 13.0 Å². The first-order valence-corrected chi connectivity index (χ1v) is 9.70. The summed E-state index contributed by atoms with van der Waals surface area (Å²) >= 11 is 4.00. The van der Waals surface area contributed by atoms with E-state index in [1.165, 1.54) is 16.8 Å². The minimum atomic E-state index is -0.164. The Morgan fingerprint density at radius 1 is 1.40 bits per heavy atom. The summed E-state index contributed by atoms with van der Waals surface area (Å²) in [6, 6.07) is 0. The summed E-state index contributed by atoms with van der Waals surface area (Å²) < 4.78 is 4.99. The molecule has 1 rings (SSSR count). The van der Waals surface area contributed by atoms with Crippen molar-refractivity contribution in [3.8, 4) is 0 Å². The molecule has 0 unspecified atom stereocenters. The maximum absolute atomic E-state index is 11.4. The van der Waals surface area contributed by atoms with Crippen molar-refractivity contribution in [3.05, 3.63) is 11.4 Å². The highest BCUT2D eigenvalue weighted by atomic mass is 33.1. The van der Waals surface area contributed by atoms with Crippen molar-refractivity contribution in [3.63, 3.8) is 0 Å². The van der Waals surface area contributed by atoms with E-state index in [4.69, 9.17) is 4.74 Å². The monoisotopic (exact) mass is 264 g/mol. The normalized spacial score (nSPS) is 18.1. The first-order chi connectivity index (χ1) is 7.27. The number of ether oxygens (including phenoxy) is 1. The quantitative estimate of drug-likeness (QED) is 0.553. The molecule has 0 saturated carbocycles. The molecule has 0 aromatic heterocycles. The van der Waals surface area contributed by atoms with Crippen LogP contribution in [0.2, 0.25) is 0 Å². The van der Waals surface area contributed by atoms with Crippen molar-refractivity contribution >= 4 is 35.1 Å². The summed E-state index contributed by atoms with van der Waals surface area (Å²) in [4.78, 5) is 11.4. The van der Waals surface area contributed by atoms with Gasteiger partial charge in [0.15, 0.2) is 0 Å². The van der Waals surface area contributed by atoms with E-state index >= 15 is 0 Å². The van der Waals surface area contributed by atoms with Gasteiger partial charge in [0.05, 0.1) is 13.0 Å². The molecular formula is C10H17O2PS2. The van der Waals surface area contributed by atoms with E-state index in [0.717, 1.165) is 6.42 Å². The molecule has 0 bridgehead atoms. The molecule has 0 aliphatic carbocycles. The number of hydrogen-bond donors (Lipinski definition) is 0. The first kappa shape index (κ1) is 13.4. The van der Waals surface area contributed by atoms with Gasteiger partial charge in [-0.3, -0.25) is 4.79 Å². The minimum absolute atomic E-state index is 0.0761. The van der Waals surface area contributed by atoms with Gasteiger partial charge in [0.25, 0.3) is 0 Å². The van der Waals surface area contributed by atoms with Gasteiger partial charge < -0.3 is 4.74 Å². The number of rotatable bonds is 5. The summed E-state index contributed by atoms with van der Waals surface area (Å²) in [7, 11) is 0. The largest absolute Gasteiger partial charge is 0.466 e. The molecule has 0 atom stereocenters. The lowest BCUT2D eigenvalue weighted by Crippen LogP contribution is -2.03. The topological polar surface area (TPSA) is 26.3 Å². The molecular weight excluding hydrogens is 247 g/mol. The molecule has 0 N–H and O–H groups in total. The lowest BCUT2D eigenvalue weighted by Gasteiger charge is -2.12. The van der Waals surface area contributed by atoms with Crippen LogP contribution in [0.3, 0.4) is 0 Å². The van der Waals surface area contributed by atoms with Crippen LogP contribution in [0.15, 0.2) is 11.4 Å². The molecule has 1 aliphatic heterocycles. The van der Waals surface area contributed by atoms with E-state index < -0.39 is 0 Å². The zero-order valence-corrected chi connectivity index (χ0v) is 11.7. The highest BCUT2D eigenvalue weighted by molar-refractivity contribution is 8.90. The Morgan fingerprint density at radius 3 is 2.60 bits per heavy atom. The Bertz CT molecular complexity index is 238. The zero-order valence-electron chi connectivity index (χ0n) is 9.19. The molecule has 2 nitrogen and oxygen atoms in total. The third kappa shape index (κ3) is 4.80. The van der Waals surface area contributed by atoms with Crippen LogP contribution in [0.1, 0.15) is 26.7 Å². The van der Waals surface area contributed by atoms with Gasteiger partial charge in [0.2, 0.25) is 0 Å². The predicted octanol–water partition coefficient (Wildman–Crippen LogP) is 4.03. The van der Waals surface area contributed by atoms with E-state index in [9.17, 15) is 4.79 Å². The molecule has 1 aliphatic rings. The third-order valence-corrected chi connectivity index (χ3v) is 9.92. The molecule has 0 aromatic carbocycles. The Labute approximate surface area is 101 Å². The van der Waals surface area contributed by atoms with Gasteiger partial charge in [-0.2, -0.15) is 0 Å². The molecule has 86 valence electrons. The maximum Gasteiger partial charge on any atom is 0.310 e. The minimum Gasteiger partial charge on any atom is -0.466 e. The predicted molar refractivity (Wildman–Crippen MR) is 71.5 cm³/mol. The standard InChI is InChI=1S/C10H17O2PS2/c1-3-5-9(8-10(11)12-4-2)13-14-6-7-15-13/h5H,3-4,6-8H2,1-2H3/b9-5+. The van der Waals surface area contributed by atoms with Crippen molar-refractivity contribution in [1.29, 1.82) is 0 Å². The Morgan fingerprint density at radius 2 is 2.07 bits per heavy atom. The second-order valence-electron chi connectivity index (χ2n) is 3.01. The summed E-state index contributed by atoms with van der Waals surface area (Å²) in [6.07, 6.45) is 3.54. The molecule has 0 aromatic rings. The number of esters is 1. The van der Waals surface area contributed by atoms with Gasteiger partial charge in [0.1, 0.15) is 0 Å². The second kappa shape index (κ2) is 7.59. The third-order valence-electron chi connectivity index (χ3n) is 1.81. The summed E-state index contributed by atoms with van der Waals surface area (Å²) in [5.74, 6) is 2.37. The lowest BCUT2D eigenvalue weighted by molar-refractivity contribution is -0.142. The van der Waals surface area contributed by atoms with Crippen molar-refractivity contribution in [2.24, 2.45) is 0 Å². The lowest BCUT2D eigenvalue weighted by atomic mass is 10.3. The van der Waals surface area contributed by atoms with Crippen molar-refractivity contribution < 1.29 is 9.53 Å². The first-order valence-electron chi connectivity index (χ1n) is 5.18. The molecule has 1 heterocycles. The number of hydrogen-bond acceptors (Lipinski definition) is 4. The van der Waals surface area contributed by atoms with Gasteiger partial charge in [-0.1, -0.05) is 13.0 Å². The van der Waals surface area contributed by atoms with Gasteiger partial charge in [-0.25, -0.2) is 0 Å². The van der Waals surface area contributed by atoms with Gasteiger partial charge in [-0.15, -0.1) is 22.8 Å². The van der Waals surface area contributed by atoms with Crippen LogP contribution < -0.4 is 0 Å².